The zero-order chi connectivity index (χ0) is 9.97. The van der Waals surface area contributed by atoms with Crippen LogP contribution in [0.5, 0.6) is 0 Å². The zero-order valence-corrected chi connectivity index (χ0v) is 7.31. The molecular formula is C10H8FN3. The minimum absolute atomic E-state index is 0.416. The summed E-state index contributed by atoms with van der Waals surface area (Å²) in [5.41, 5.74) is 6.83. The van der Waals surface area contributed by atoms with Gasteiger partial charge in [-0.15, -0.1) is 0 Å². The van der Waals surface area contributed by atoms with E-state index in [1.807, 2.05) is 0 Å². The lowest BCUT2D eigenvalue weighted by Crippen LogP contribution is -1.92. The highest BCUT2D eigenvalue weighted by molar-refractivity contribution is 5.59. The molecule has 0 bridgehead atoms. The van der Waals surface area contributed by atoms with Gasteiger partial charge in [-0.05, 0) is 18.2 Å². The van der Waals surface area contributed by atoms with Gasteiger partial charge in [0, 0.05) is 17.8 Å². The molecule has 0 aliphatic heterocycles. The van der Waals surface area contributed by atoms with E-state index >= 15 is 0 Å². The fourth-order valence-corrected chi connectivity index (χ4v) is 1.17. The Morgan fingerprint density at radius 1 is 1.21 bits per heavy atom. The molecule has 70 valence electrons. The minimum Gasteiger partial charge on any atom is -0.384 e. The summed E-state index contributed by atoms with van der Waals surface area (Å²) in [4.78, 5) is 7.53. The smallest absolute Gasteiger partial charge is 0.213 e. The average Bonchev–Trinajstić information content (AvgIpc) is 2.18. The van der Waals surface area contributed by atoms with Crippen LogP contribution in [0.2, 0.25) is 0 Å². The largest absolute Gasteiger partial charge is 0.384 e. The summed E-state index contributed by atoms with van der Waals surface area (Å²) in [7, 11) is 0. The molecule has 2 N–H and O–H groups in total. The van der Waals surface area contributed by atoms with E-state index in [-0.39, 0.29) is 0 Å². The standard InChI is InChI=1S/C10H8FN3/c11-9-6-7(4-5-13-9)8-2-1-3-10(12)14-8/h1-6H,(H2,12,14). The minimum atomic E-state index is -0.522. The van der Waals surface area contributed by atoms with E-state index in [0.29, 0.717) is 17.1 Å². The number of halogens is 1. The first-order valence-corrected chi connectivity index (χ1v) is 4.10. The molecule has 2 aromatic rings. The molecule has 3 nitrogen and oxygen atoms in total. The Labute approximate surface area is 80.4 Å². The van der Waals surface area contributed by atoms with E-state index in [1.54, 1.807) is 24.3 Å². The second-order valence-electron chi connectivity index (χ2n) is 2.81. The number of nitrogens with zero attached hydrogens (tertiary/aromatic N) is 2. The van der Waals surface area contributed by atoms with Crippen LogP contribution in [0.4, 0.5) is 10.2 Å². The van der Waals surface area contributed by atoms with E-state index in [2.05, 4.69) is 9.97 Å². The number of pyridine rings is 2. The molecule has 2 rings (SSSR count). The summed E-state index contributed by atoms with van der Waals surface area (Å²) in [5, 5.41) is 0. The van der Waals surface area contributed by atoms with Crippen LogP contribution < -0.4 is 5.73 Å². The Bertz CT molecular complexity index is 413. The molecule has 4 heteroatoms. The topological polar surface area (TPSA) is 51.8 Å². The lowest BCUT2D eigenvalue weighted by atomic mass is 10.2. The second-order valence-corrected chi connectivity index (χ2v) is 2.81. The van der Waals surface area contributed by atoms with Crippen molar-refractivity contribution >= 4 is 5.82 Å². The molecule has 0 saturated heterocycles. The van der Waals surface area contributed by atoms with Crippen molar-refractivity contribution in [2.24, 2.45) is 0 Å². The highest BCUT2D eigenvalue weighted by atomic mass is 19.1. The third kappa shape index (κ3) is 1.69. The number of rotatable bonds is 1. The van der Waals surface area contributed by atoms with Crippen LogP contribution in [0.3, 0.4) is 0 Å². The maximum atomic E-state index is 12.8. The van der Waals surface area contributed by atoms with Crippen molar-refractivity contribution in [2.75, 3.05) is 5.73 Å². The molecule has 0 atom stereocenters. The number of nitrogens with two attached hydrogens (primary N) is 1. The van der Waals surface area contributed by atoms with Crippen LogP contribution in [0.25, 0.3) is 11.3 Å². The maximum Gasteiger partial charge on any atom is 0.213 e. The summed E-state index contributed by atoms with van der Waals surface area (Å²) in [6.45, 7) is 0. The second kappa shape index (κ2) is 3.41. The first-order valence-electron chi connectivity index (χ1n) is 4.10. The molecule has 0 saturated carbocycles. The van der Waals surface area contributed by atoms with Gasteiger partial charge >= 0.3 is 0 Å². The van der Waals surface area contributed by atoms with Crippen LogP contribution >= 0.6 is 0 Å². The maximum absolute atomic E-state index is 12.8. The number of nitrogen functional groups attached to an aromatic ring is 1. The summed E-state index contributed by atoms with van der Waals surface area (Å²) in [5.74, 6) is -0.105. The molecule has 0 spiro atoms. The van der Waals surface area contributed by atoms with Crippen LogP contribution in [0, 0.1) is 5.95 Å². The molecule has 0 fully saturated rings. The van der Waals surface area contributed by atoms with Crippen LogP contribution in [0.1, 0.15) is 0 Å². The third-order valence-corrected chi connectivity index (χ3v) is 1.79. The lowest BCUT2D eigenvalue weighted by molar-refractivity contribution is 0.584. The van der Waals surface area contributed by atoms with Gasteiger partial charge in [-0.3, -0.25) is 0 Å². The molecule has 2 aromatic heterocycles. The lowest BCUT2D eigenvalue weighted by Gasteiger charge is -2.00. The SMILES string of the molecule is Nc1cccc(-c2ccnc(F)c2)n1. The quantitative estimate of drug-likeness (QED) is 0.696. The Balaban J connectivity index is 2.49. The monoisotopic (exact) mass is 189 g/mol. The van der Waals surface area contributed by atoms with E-state index in [0.717, 1.165) is 0 Å². The number of hydrogen-bond donors (Lipinski definition) is 1. The van der Waals surface area contributed by atoms with E-state index in [1.165, 1.54) is 12.3 Å². The molecule has 0 unspecified atom stereocenters. The van der Waals surface area contributed by atoms with Crippen LogP contribution in [-0.4, -0.2) is 9.97 Å². The molecular weight excluding hydrogens is 181 g/mol. The Kier molecular flexibility index (Phi) is 2.10. The van der Waals surface area contributed by atoms with Crippen molar-refractivity contribution in [3.8, 4) is 11.3 Å². The van der Waals surface area contributed by atoms with Gasteiger partial charge in [-0.1, -0.05) is 6.07 Å². The highest BCUT2D eigenvalue weighted by Crippen LogP contribution is 2.17. The van der Waals surface area contributed by atoms with Gasteiger partial charge < -0.3 is 5.73 Å². The van der Waals surface area contributed by atoms with Gasteiger partial charge in [0.05, 0.1) is 5.69 Å². The molecule has 14 heavy (non-hydrogen) atoms. The zero-order valence-electron chi connectivity index (χ0n) is 7.31. The van der Waals surface area contributed by atoms with Crippen LogP contribution in [-0.2, 0) is 0 Å². The fourth-order valence-electron chi connectivity index (χ4n) is 1.17. The third-order valence-electron chi connectivity index (χ3n) is 1.79. The van der Waals surface area contributed by atoms with Gasteiger partial charge in [0.15, 0.2) is 0 Å². The van der Waals surface area contributed by atoms with Gasteiger partial charge in [0.2, 0.25) is 5.95 Å². The van der Waals surface area contributed by atoms with Crippen molar-refractivity contribution < 1.29 is 4.39 Å². The fraction of sp³-hybridized carbons (Fsp3) is 0. The normalized spacial score (nSPS) is 10.1. The first kappa shape index (κ1) is 8.62. The molecule has 0 radical (unpaired) electrons. The summed E-state index contributed by atoms with van der Waals surface area (Å²) < 4.78 is 12.8. The molecule has 0 aliphatic rings. The number of aromatic nitrogens is 2. The number of hydrogen-bond acceptors (Lipinski definition) is 3. The molecule has 0 aromatic carbocycles. The summed E-state index contributed by atoms with van der Waals surface area (Å²) in [6.07, 6.45) is 1.40. The van der Waals surface area contributed by atoms with Crippen LogP contribution in [0.15, 0.2) is 36.5 Å². The van der Waals surface area contributed by atoms with Crippen molar-refractivity contribution in [1.29, 1.82) is 0 Å². The Morgan fingerprint density at radius 3 is 2.79 bits per heavy atom. The summed E-state index contributed by atoms with van der Waals surface area (Å²) in [6, 6.07) is 8.23. The van der Waals surface area contributed by atoms with Gasteiger partial charge in [-0.25, -0.2) is 9.97 Å². The summed E-state index contributed by atoms with van der Waals surface area (Å²) >= 11 is 0. The van der Waals surface area contributed by atoms with Gasteiger partial charge in [-0.2, -0.15) is 4.39 Å². The Hall–Kier alpha value is -1.97. The first-order chi connectivity index (χ1) is 6.75. The van der Waals surface area contributed by atoms with Crippen molar-refractivity contribution in [2.45, 2.75) is 0 Å². The van der Waals surface area contributed by atoms with Crippen molar-refractivity contribution in [3.05, 3.63) is 42.5 Å². The van der Waals surface area contributed by atoms with E-state index in [4.69, 9.17) is 5.73 Å². The number of anilines is 1. The van der Waals surface area contributed by atoms with E-state index in [9.17, 15) is 4.39 Å². The average molecular weight is 189 g/mol. The van der Waals surface area contributed by atoms with E-state index < -0.39 is 5.95 Å². The predicted octanol–water partition coefficient (Wildman–Crippen LogP) is 1.86. The molecule has 0 amide bonds. The highest BCUT2D eigenvalue weighted by Gasteiger charge is 2.00. The van der Waals surface area contributed by atoms with Gasteiger partial charge in [0.25, 0.3) is 0 Å². The molecule has 2 heterocycles. The van der Waals surface area contributed by atoms with Crippen molar-refractivity contribution in [1.82, 2.24) is 9.97 Å². The molecule has 0 aliphatic carbocycles. The predicted molar refractivity (Wildman–Crippen MR) is 51.8 cm³/mol. The van der Waals surface area contributed by atoms with Crippen molar-refractivity contribution in [3.63, 3.8) is 0 Å². The Morgan fingerprint density at radius 2 is 2.07 bits per heavy atom. The van der Waals surface area contributed by atoms with Gasteiger partial charge in [0.1, 0.15) is 5.82 Å².